The van der Waals surface area contributed by atoms with E-state index in [0.717, 1.165) is 17.0 Å². The van der Waals surface area contributed by atoms with Crippen LogP contribution in [0.1, 0.15) is 10.4 Å². The van der Waals surface area contributed by atoms with Crippen molar-refractivity contribution in [1.82, 2.24) is 0 Å². The van der Waals surface area contributed by atoms with Crippen LogP contribution in [0.3, 0.4) is 0 Å². The van der Waals surface area contributed by atoms with Gasteiger partial charge in [0.05, 0.1) is 18.4 Å². The summed E-state index contributed by atoms with van der Waals surface area (Å²) < 4.78 is 32.1. The van der Waals surface area contributed by atoms with Gasteiger partial charge in [-0.2, -0.15) is 0 Å². The number of rotatable bonds is 5. The Kier molecular flexibility index (Phi) is 4.74. The molecule has 2 aromatic carbocycles. The van der Waals surface area contributed by atoms with Crippen molar-refractivity contribution in [3.05, 3.63) is 59.7 Å². The van der Waals surface area contributed by atoms with Gasteiger partial charge in [-0.15, -0.1) is 11.8 Å². The Morgan fingerprint density at radius 2 is 1.75 bits per heavy atom. The Bertz CT molecular complexity index is 609. The quantitative estimate of drug-likeness (QED) is 0.617. The molecular formula is C15H12F2O2S. The number of carbonyl (C=O) groups is 1. The van der Waals surface area contributed by atoms with Crippen molar-refractivity contribution < 1.29 is 18.3 Å². The van der Waals surface area contributed by atoms with Crippen molar-refractivity contribution in [1.29, 1.82) is 0 Å². The van der Waals surface area contributed by atoms with Gasteiger partial charge in [0.1, 0.15) is 17.4 Å². The fourth-order valence-electron chi connectivity index (χ4n) is 1.72. The van der Waals surface area contributed by atoms with Crippen molar-refractivity contribution in [2.24, 2.45) is 0 Å². The van der Waals surface area contributed by atoms with E-state index in [9.17, 15) is 13.6 Å². The van der Waals surface area contributed by atoms with Crippen LogP contribution < -0.4 is 4.74 Å². The monoisotopic (exact) mass is 294 g/mol. The van der Waals surface area contributed by atoms with Crippen molar-refractivity contribution in [3.8, 4) is 5.75 Å². The number of methoxy groups -OCH3 is 1. The number of hydrogen-bond acceptors (Lipinski definition) is 3. The molecule has 0 saturated heterocycles. The lowest BCUT2D eigenvalue weighted by atomic mass is 10.1. The van der Waals surface area contributed by atoms with Gasteiger partial charge in [0.15, 0.2) is 5.78 Å². The summed E-state index contributed by atoms with van der Waals surface area (Å²) in [6.45, 7) is 0. The first-order valence-electron chi connectivity index (χ1n) is 5.86. The molecule has 0 N–H and O–H groups in total. The van der Waals surface area contributed by atoms with Gasteiger partial charge >= 0.3 is 0 Å². The number of hydrogen-bond donors (Lipinski definition) is 0. The zero-order valence-electron chi connectivity index (χ0n) is 10.7. The fourth-order valence-corrected chi connectivity index (χ4v) is 2.62. The van der Waals surface area contributed by atoms with Gasteiger partial charge in [0.2, 0.25) is 0 Å². The van der Waals surface area contributed by atoms with Crippen LogP contribution in [-0.4, -0.2) is 18.6 Å². The molecule has 0 radical (unpaired) electrons. The fraction of sp³-hybridized carbons (Fsp3) is 0.133. The van der Waals surface area contributed by atoms with Gasteiger partial charge in [-0.25, -0.2) is 8.78 Å². The molecule has 0 unspecified atom stereocenters. The highest BCUT2D eigenvalue weighted by Gasteiger charge is 2.17. The predicted octanol–water partition coefficient (Wildman–Crippen LogP) is 3.95. The molecule has 0 heterocycles. The van der Waals surface area contributed by atoms with Crippen LogP contribution in [0.15, 0.2) is 47.4 Å². The summed E-state index contributed by atoms with van der Waals surface area (Å²) in [5.41, 5.74) is -0.491. The van der Waals surface area contributed by atoms with Gasteiger partial charge in [-0.1, -0.05) is 18.2 Å². The molecule has 2 rings (SSSR count). The van der Waals surface area contributed by atoms with Crippen LogP contribution in [0.25, 0.3) is 0 Å². The molecule has 0 amide bonds. The molecular weight excluding hydrogens is 282 g/mol. The average Bonchev–Trinajstić information content (AvgIpc) is 2.45. The number of ketones is 1. The second-order valence-electron chi connectivity index (χ2n) is 3.96. The van der Waals surface area contributed by atoms with Crippen LogP contribution in [0, 0.1) is 11.6 Å². The van der Waals surface area contributed by atoms with Crippen LogP contribution >= 0.6 is 11.8 Å². The third-order valence-corrected chi connectivity index (χ3v) is 3.72. The molecule has 20 heavy (non-hydrogen) atoms. The van der Waals surface area contributed by atoms with Crippen molar-refractivity contribution >= 4 is 17.5 Å². The van der Waals surface area contributed by atoms with E-state index in [1.165, 1.54) is 24.9 Å². The maximum atomic E-state index is 13.5. The Morgan fingerprint density at radius 1 is 1.10 bits per heavy atom. The Balaban J connectivity index is 2.13. The second-order valence-corrected chi connectivity index (χ2v) is 4.98. The summed E-state index contributed by atoms with van der Waals surface area (Å²) in [6, 6.07) is 10.5. The maximum absolute atomic E-state index is 13.5. The topological polar surface area (TPSA) is 26.3 Å². The van der Waals surface area contributed by atoms with Gasteiger partial charge in [0.25, 0.3) is 0 Å². The molecule has 0 bridgehead atoms. The van der Waals surface area contributed by atoms with Crippen molar-refractivity contribution in [2.75, 3.05) is 12.9 Å². The Morgan fingerprint density at radius 3 is 2.40 bits per heavy atom. The van der Waals surface area contributed by atoms with Gasteiger partial charge < -0.3 is 4.74 Å². The van der Waals surface area contributed by atoms with Crippen LogP contribution in [0.2, 0.25) is 0 Å². The van der Waals surface area contributed by atoms with E-state index in [2.05, 4.69) is 0 Å². The standard InChI is InChI=1S/C15H12F2O2S/c1-19-13-7-2-3-8-14(13)20-9-12(18)15-10(16)5-4-6-11(15)17/h2-8H,9H2,1H3. The molecule has 0 saturated carbocycles. The first kappa shape index (κ1) is 14.5. The van der Waals surface area contributed by atoms with Crippen molar-refractivity contribution in [3.63, 3.8) is 0 Å². The number of benzene rings is 2. The first-order chi connectivity index (χ1) is 9.63. The zero-order chi connectivity index (χ0) is 14.5. The molecule has 104 valence electrons. The van der Waals surface area contributed by atoms with Gasteiger partial charge in [-0.05, 0) is 24.3 Å². The molecule has 0 aliphatic heterocycles. The lowest BCUT2D eigenvalue weighted by molar-refractivity contribution is 0.101. The summed E-state index contributed by atoms with van der Waals surface area (Å²) in [4.78, 5) is 12.7. The van der Waals surface area contributed by atoms with E-state index in [4.69, 9.17) is 4.74 Å². The molecule has 0 aromatic heterocycles. The lowest BCUT2D eigenvalue weighted by Gasteiger charge is -2.07. The van der Waals surface area contributed by atoms with Crippen molar-refractivity contribution in [2.45, 2.75) is 4.90 Å². The smallest absolute Gasteiger partial charge is 0.178 e. The van der Waals surface area contributed by atoms with Crippen LogP contribution in [0.4, 0.5) is 8.78 Å². The number of para-hydroxylation sites is 1. The summed E-state index contributed by atoms with van der Waals surface area (Å²) in [5.74, 6) is -1.69. The number of halogens is 2. The van der Waals surface area contributed by atoms with Gasteiger partial charge in [-0.3, -0.25) is 4.79 Å². The lowest BCUT2D eigenvalue weighted by Crippen LogP contribution is -2.08. The first-order valence-corrected chi connectivity index (χ1v) is 6.85. The average molecular weight is 294 g/mol. The van der Waals surface area contributed by atoms with Crippen LogP contribution in [0.5, 0.6) is 5.75 Å². The molecule has 0 atom stereocenters. The SMILES string of the molecule is COc1ccccc1SCC(=O)c1c(F)cccc1F. The predicted molar refractivity (Wildman–Crippen MR) is 74.4 cm³/mol. The number of thioether (sulfide) groups is 1. The van der Waals surface area contributed by atoms with E-state index in [-0.39, 0.29) is 5.75 Å². The molecule has 0 fully saturated rings. The minimum absolute atomic E-state index is 0.0573. The van der Waals surface area contributed by atoms with E-state index in [0.29, 0.717) is 5.75 Å². The van der Waals surface area contributed by atoms with E-state index in [1.54, 1.807) is 24.3 Å². The minimum Gasteiger partial charge on any atom is -0.496 e. The Labute approximate surface area is 119 Å². The highest BCUT2D eigenvalue weighted by molar-refractivity contribution is 8.00. The number of ether oxygens (including phenoxy) is 1. The zero-order valence-corrected chi connectivity index (χ0v) is 11.5. The second kappa shape index (κ2) is 6.52. The van der Waals surface area contributed by atoms with Crippen LogP contribution in [-0.2, 0) is 0 Å². The third-order valence-electron chi connectivity index (χ3n) is 2.67. The number of carbonyl (C=O) groups excluding carboxylic acids is 1. The summed E-state index contributed by atoms with van der Waals surface area (Å²) in [5, 5.41) is 0. The summed E-state index contributed by atoms with van der Waals surface area (Å²) in [6.07, 6.45) is 0. The summed E-state index contributed by atoms with van der Waals surface area (Å²) >= 11 is 1.18. The highest BCUT2D eigenvalue weighted by atomic mass is 32.2. The Hall–Kier alpha value is -1.88. The van der Waals surface area contributed by atoms with E-state index in [1.807, 2.05) is 0 Å². The van der Waals surface area contributed by atoms with Gasteiger partial charge in [0, 0.05) is 4.90 Å². The highest BCUT2D eigenvalue weighted by Crippen LogP contribution is 2.29. The molecule has 0 aliphatic carbocycles. The summed E-state index contributed by atoms with van der Waals surface area (Å²) in [7, 11) is 1.53. The largest absolute Gasteiger partial charge is 0.496 e. The maximum Gasteiger partial charge on any atom is 0.178 e. The third kappa shape index (κ3) is 3.17. The molecule has 2 aromatic rings. The molecule has 0 aliphatic rings. The molecule has 2 nitrogen and oxygen atoms in total. The number of Topliss-reactive ketones (excluding diaryl/α,β-unsaturated/α-hetero) is 1. The minimum atomic E-state index is -0.837. The normalized spacial score (nSPS) is 10.3. The van der Waals surface area contributed by atoms with E-state index >= 15 is 0 Å². The van der Waals surface area contributed by atoms with E-state index < -0.39 is 23.0 Å². The molecule has 5 heteroatoms. The molecule has 0 spiro atoms.